The average Bonchev–Trinajstić information content (AvgIpc) is 2.10. The van der Waals surface area contributed by atoms with Crippen LogP contribution >= 0.6 is 15.9 Å². The van der Waals surface area contributed by atoms with E-state index < -0.39 is 0 Å². The van der Waals surface area contributed by atoms with Gasteiger partial charge in [0, 0.05) is 10.9 Å². The minimum Gasteiger partial charge on any atom is -0.303 e. The molecule has 13 heavy (non-hydrogen) atoms. The molecule has 0 atom stereocenters. The lowest BCUT2D eigenvalue weighted by Gasteiger charge is -2.04. The van der Waals surface area contributed by atoms with Crippen LogP contribution in [0, 0.1) is 0 Å². The molecule has 0 aliphatic rings. The standard InChI is InChI=1S/C11H13BrO/c1-2-3-10-5-4-9(6-7-13)8-11(10)12/h4-5,7-8H,2-3,6H2,1H3. The first-order valence-corrected chi connectivity index (χ1v) is 5.28. The van der Waals surface area contributed by atoms with E-state index >= 15 is 0 Å². The molecule has 0 heterocycles. The second kappa shape index (κ2) is 5.18. The third-order valence-electron chi connectivity index (χ3n) is 1.96. The normalized spacial score (nSPS) is 10.0. The van der Waals surface area contributed by atoms with Crippen molar-refractivity contribution in [3.05, 3.63) is 33.8 Å². The SMILES string of the molecule is CCCc1ccc(CC=O)cc1Br. The minimum absolute atomic E-state index is 0.505. The first-order chi connectivity index (χ1) is 6.27. The molecule has 1 nitrogen and oxygen atoms in total. The lowest BCUT2D eigenvalue weighted by atomic mass is 10.1. The first-order valence-electron chi connectivity index (χ1n) is 4.49. The highest BCUT2D eigenvalue weighted by Gasteiger charge is 1.99. The lowest BCUT2D eigenvalue weighted by Crippen LogP contribution is -1.90. The van der Waals surface area contributed by atoms with Crippen LogP contribution in [-0.2, 0) is 17.6 Å². The summed E-state index contributed by atoms with van der Waals surface area (Å²) in [6.45, 7) is 2.16. The predicted molar refractivity (Wildman–Crippen MR) is 57.9 cm³/mol. The second-order valence-corrected chi connectivity index (χ2v) is 3.90. The van der Waals surface area contributed by atoms with E-state index in [-0.39, 0.29) is 0 Å². The maximum absolute atomic E-state index is 10.3. The minimum atomic E-state index is 0.505. The molecule has 1 aromatic carbocycles. The van der Waals surface area contributed by atoms with Crippen LogP contribution in [0.5, 0.6) is 0 Å². The number of rotatable bonds is 4. The van der Waals surface area contributed by atoms with Crippen molar-refractivity contribution < 1.29 is 4.79 Å². The van der Waals surface area contributed by atoms with E-state index in [9.17, 15) is 4.79 Å². The molecule has 1 rings (SSSR count). The number of carbonyl (C=O) groups is 1. The summed E-state index contributed by atoms with van der Waals surface area (Å²) in [5.74, 6) is 0. The van der Waals surface area contributed by atoms with Crippen molar-refractivity contribution >= 4 is 22.2 Å². The third-order valence-corrected chi connectivity index (χ3v) is 2.69. The van der Waals surface area contributed by atoms with Crippen LogP contribution in [0.4, 0.5) is 0 Å². The Bertz CT molecular complexity index is 294. The molecule has 0 saturated heterocycles. The summed E-state index contributed by atoms with van der Waals surface area (Å²) in [5, 5.41) is 0. The maximum atomic E-state index is 10.3. The van der Waals surface area contributed by atoms with Crippen LogP contribution in [-0.4, -0.2) is 6.29 Å². The number of halogens is 1. The molecule has 0 N–H and O–H groups in total. The van der Waals surface area contributed by atoms with E-state index in [0.29, 0.717) is 6.42 Å². The molecule has 70 valence electrons. The number of hydrogen-bond donors (Lipinski definition) is 0. The van der Waals surface area contributed by atoms with Crippen LogP contribution in [0.25, 0.3) is 0 Å². The zero-order valence-corrected chi connectivity index (χ0v) is 9.30. The average molecular weight is 241 g/mol. The molecule has 0 unspecified atom stereocenters. The van der Waals surface area contributed by atoms with Crippen LogP contribution < -0.4 is 0 Å². The fourth-order valence-corrected chi connectivity index (χ4v) is 1.91. The van der Waals surface area contributed by atoms with Gasteiger partial charge in [-0.05, 0) is 23.6 Å². The van der Waals surface area contributed by atoms with Crippen LogP contribution in [0.3, 0.4) is 0 Å². The molecule has 0 aliphatic carbocycles. The van der Waals surface area contributed by atoms with Gasteiger partial charge in [0.1, 0.15) is 6.29 Å². The van der Waals surface area contributed by atoms with Crippen molar-refractivity contribution in [2.75, 3.05) is 0 Å². The van der Waals surface area contributed by atoms with E-state index in [4.69, 9.17) is 0 Å². The molecular formula is C11H13BrO. The maximum Gasteiger partial charge on any atom is 0.124 e. The van der Waals surface area contributed by atoms with E-state index in [1.807, 2.05) is 12.1 Å². The van der Waals surface area contributed by atoms with Gasteiger partial charge in [0.25, 0.3) is 0 Å². The van der Waals surface area contributed by atoms with Crippen molar-refractivity contribution in [1.29, 1.82) is 0 Å². The summed E-state index contributed by atoms with van der Waals surface area (Å²) in [6, 6.07) is 6.13. The zero-order valence-electron chi connectivity index (χ0n) is 7.72. The molecule has 0 saturated carbocycles. The van der Waals surface area contributed by atoms with Gasteiger partial charge in [0.2, 0.25) is 0 Å². The highest BCUT2D eigenvalue weighted by atomic mass is 79.9. The number of carbonyl (C=O) groups excluding carboxylic acids is 1. The third kappa shape index (κ3) is 2.96. The zero-order chi connectivity index (χ0) is 9.68. The van der Waals surface area contributed by atoms with Gasteiger partial charge in [-0.25, -0.2) is 0 Å². The molecule has 0 bridgehead atoms. The molecule has 0 spiro atoms. The molecule has 0 aromatic heterocycles. The van der Waals surface area contributed by atoms with Gasteiger partial charge in [-0.2, -0.15) is 0 Å². The van der Waals surface area contributed by atoms with E-state index in [1.165, 1.54) is 5.56 Å². The van der Waals surface area contributed by atoms with E-state index in [2.05, 4.69) is 28.9 Å². The van der Waals surface area contributed by atoms with E-state index in [0.717, 1.165) is 29.2 Å². The van der Waals surface area contributed by atoms with Crippen molar-refractivity contribution in [2.45, 2.75) is 26.2 Å². The van der Waals surface area contributed by atoms with Crippen LogP contribution in [0.2, 0.25) is 0 Å². The number of aldehydes is 1. The number of benzene rings is 1. The monoisotopic (exact) mass is 240 g/mol. The predicted octanol–water partition coefficient (Wildman–Crippen LogP) is 3.14. The Morgan fingerprint density at radius 3 is 2.77 bits per heavy atom. The Kier molecular flexibility index (Phi) is 4.16. The Labute approximate surface area is 87.3 Å². The fraction of sp³-hybridized carbons (Fsp3) is 0.364. The van der Waals surface area contributed by atoms with Gasteiger partial charge in [-0.3, -0.25) is 0 Å². The smallest absolute Gasteiger partial charge is 0.124 e. The van der Waals surface area contributed by atoms with Crippen molar-refractivity contribution in [2.24, 2.45) is 0 Å². The summed E-state index contributed by atoms with van der Waals surface area (Å²) in [6.07, 6.45) is 3.67. The van der Waals surface area contributed by atoms with Gasteiger partial charge < -0.3 is 4.79 Å². The molecule has 0 radical (unpaired) electrons. The summed E-state index contributed by atoms with van der Waals surface area (Å²) >= 11 is 3.50. The Balaban J connectivity index is 2.84. The molecule has 0 amide bonds. The molecule has 0 fully saturated rings. The van der Waals surface area contributed by atoms with Gasteiger partial charge >= 0.3 is 0 Å². The lowest BCUT2D eigenvalue weighted by molar-refractivity contribution is -0.107. The molecule has 2 heteroatoms. The topological polar surface area (TPSA) is 17.1 Å². The highest BCUT2D eigenvalue weighted by Crippen LogP contribution is 2.20. The van der Waals surface area contributed by atoms with Gasteiger partial charge in [-0.1, -0.05) is 41.4 Å². The summed E-state index contributed by atoms with van der Waals surface area (Å²) in [5.41, 5.74) is 2.39. The Hall–Kier alpha value is -0.630. The highest BCUT2D eigenvalue weighted by molar-refractivity contribution is 9.10. The summed E-state index contributed by atoms with van der Waals surface area (Å²) in [4.78, 5) is 10.3. The first kappa shape index (κ1) is 10.5. The van der Waals surface area contributed by atoms with Gasteiger partial charge in [-0.15, -0.1) is 0 Å². The van der Waals surface area contributed by atoms with Crippen molar-refractivity contribution in [3.63, 3.8) is 0 Å². The van der Waals surface area contributed by atoms with Crippen LogP contribution in [0.1, 0.15) is 24.5 Å². The molecule has 1 aromatic rings. The molecular weight excluding hydrogens is 228 g/mol. The van der Waals surface area contributed by atoms with Gasteiger partial charge in [0.05, 0.1) is 0 Å². The van der Waals surface area contributed by atoms with Gasteiger partial charge in [0.15, 0.2) is 0 Å². The summed E-state index contributed by atoms with van der Waals surface area (Å²) < 4.78 is 1.12. The number of hydrogen-bond acceptors (Lipinski definition) is 1. The Morgan fingerprint density at radius 1 is 1.46 bits per heavy atom. The Morgan fingerprint density at radius 2 is 2.23 bits per heavy atom. The molecule has 0 aliphatic heterocycles. The largest absolute Gasteiger partial charge is 0.303 e. The quantitative estimate of drug-likeness (QED) is 0.740. The van der Waals surface area contributed by atoms with E-state index in [1.54, 1.807) is 0 Å². The fourth-order valence-electron chi connectivity index (χ4n) is 1.29. The van der Waals surface area contributed by atoms with Crippen molar-refractivity contribution in [1.82, 2.24) is 0 Å². The second-order valence-electron chi connectivity index (χ2n) is 3.05. The number of aryl methyl sites for hydroxylation is 1. The van der Waals surface area contributed by atoms with Crippen molar-refractivity contribution in [3.8, 4) is 0 Å². The summed E-state index contributed by atoms with van der Waals surface area (Å²) in [7, 11) is 0. The van der Waals surface area contributed by atoms with Crippen LogP contribution in [0.15, 0.2) is 22.7 Å².